The highest BCUT2D eigenvalue weighted by atomic mass is 79.9. The third-order valence-corrected chi connectivity index (χ3v) is 2.97. The van der Waals surface area contributed by atoms with E-state index in [2.05, 4.69) is 21.2 Å². The van der Waals surface area contributed by atoms with Gasteiger partial charge in [-0.3, -0.25) is 4.79 Å². The fourth-order valence-electron chi connectivity index (χ4n) is 1.15. The van der Waals surface area contributed by atoms with E-state index in [0.29, 0.717) is 15.7 Å². The number of benzene rings is 1. The number of nitrogen functional groups attached to an aromatic ring is 1. The molecule has 1 aromatic rings. The van der Waals surface area contributed by atoms with Gasteiger partial charge in [0.2, 0.25) is 5.91 Å². The Labute approximate surface area is 107 Å². The highest BCUT2D eigenvalue weighted by Crippen LogP contribution is 2.24. The second kappa shape index (κ2) is 6.24. The van der Waals surface area contributed by atoms with Crippen LogP contribution in [0.3, 0.4) is 0 Å². The number of esters is 1. The standard InChI is InChI=1S/C11H13BrN2O3/c1-14-9(15)5-6-17-11(16)7-3-2-4-8(13)10(7)12/h2-4H,5-6,13H2,1H3,(H,14,15). The van der Waals surface area contributed by atoms with E-state index in [4.69, 9.17) is 10.5 Å². The van der Waals surface area contributed by atoms with E-state index in [-0.39, 0.29) is 18.9 Å². The Morgan fingerprint density at radius 3 is 2.82 bits per heavy atom. The van der Waals surface area contributed by atoms with E-state index >= 15 is 0 Å². The Hall–Kier alpha value is -1.56. The van der Waals surface area contributed by atoms with Crippen LogP contribution in [0, 0.1) is 0 Å². The van der Waals surface area contributed by atoms with Gasteiger partial charge in [0.25, 0.3) is 0 Å². The van der Waals surface area contributed by atoms with Crippen molar-refractivity contribution < 1.29 is 14.3 Å². The molecular weight excluding hydrogens is 288 g/mol. The highest BCUT2D eigenvalue weighted by molar-refractivity contribution is 9.10. The normalized spacial score (nSPS) is 9.76. The number of carbonyl (C=O) groups is 2. The van der Waals surface area contributed by atoms with Crippen molar-refractivity contribution in [3.05, 3.63) is 28.2 Å². The lowest BCUT2D eigenvalue weighted by molar-refractivity contribution is -0.121. The second-order valence-corrected chi connectivity index (χ2v) is 4.06. The van der Waals surface area contributed by atoms with Crippen LogP contribution in [0.2, 0.25) is 0 Å². The zero-order chi connectivity index (χ0) is 12.8. The molecule has 0 unspecified atom stereocenters. The maximum absolute atomic E-state index is 11.6. The summed E-state index contributed by atoms with van der Waals surface area (Å²) in [6.07, 6.45) is 0.141. The summed E-state index contributed by atoms with van der Waals surface area (Å²) in [5.74, 6) is -0.683. The van der Waals surface area contributed by atoms with Crippen molar-refractivity contribution in [2.24, 2.45) is 0 Å². The predicted octanol–water partition coefficient (Wildman–Crippen LogP) is 1.32. The Morgan fingerprint density at radius 2 is 2.18 bits per heavy atom. The Kier molecular flexibility index (Phi) is 4.96. The summed E-state index contributed by atoms with van der Waals surface area (Å²) in [5.41, 5.74) is 6.45. The summed E-state index contributed by atoms with van der Waals surface area (Å²) in [5, 5.41) is 2.44. The maximum Gasteiger partial charge on any atom is 0.339 e. The number of amides is 1. The lowest BCUT2D eigenvalue weighted by atomic mass is 10.2. The fraction of sp³-hybridized carbons (Fsp3) is 0.273. The van der Waals surface area contributed by atoms with E-state index in [1.165, 1.54) is 7.05 Å². The van der Waals surface area contributed by atoms with E-state index in [1.807, 2.05) is 0 Å². The number of halogens is 1. The van der Waals surface area contributed by atoms with Crippen LogP contribution < -0.4 is 11.1 Å². The van der Waals surface area contributed by atoms with Crippen LogP contribution >= 0.6 is 15.9 Å². The average Bonchev–Trinajstić information content (AvgIpc) is 2.32. The Morgan fingerprint density at radius 1 is 1.47 bits per heavy atom. The molecule has 0 radical (unpaired) electrons. The van der Waals surface area contributed by atoms with E-state index in [9.17, 15) is 9.59 Å². The van der Waals surface area contributed by atoms with Gasteiger partial charge in [0, 0.05) is 12.7 Å². The van der Waals surface area contributed by atoms with Crippen molar-refractivity contribution in [3.8, 4) is 0 Å². The van der Waals surface area contributed by atoms with Gasteiger partial charge in [0.05, 0.1) is 16.5 Å². The highest BCUT2D eigenvalue weighted by Gasteiger charge is 2.13. The quantitative estimate of drug-likeness (QED) is 0.649. The average molecular weight is 301 g/mol. The van der Waals surface area contributed by atoms with Gasteiger partial charge in [-0.05, 0) is 28.1 Å². The first-order valence-electron chi connectivity index (χ1n) is 4.98. The molecular formula is C11H13BrN2O3. The minimum absolute atomic E-state index is 0.0414. The zero-order valence-electron chi connectivity index (χ0n) is 9.33. The van der Waals surface area contributed by atoms with Gasteiger partial charge in [0.15, 0.2) is 0 Å². The van der Waals surface area contributed by atoms with Crippen molar-refractivity contribution in [2.75, 3.05) is 19.4 Å². The van der Waals surface area contributed by atoms with Gasteiger partial charge < -0.3 is 15.8 Å². The Balaban J connectivity index is 2.59. The van der Waals surface area contributed by atoms with Crippen LogP contribution in [0.1, 0.15) is 16.8 Å². The predicted molar refractivity (Wildman–Crippen MR) is 67.5 cm³/mol. The maximum atomic E-state index is 11.6. The molecule has 6 heteroatoms. The summed E-state index contributed by atoms with van der Waals surface area (Å²) in [6, 6.07) is 4.93. The molecule has 0 bridgehead atoms. The molecule has 0 atom stereocenters. The van der Waals surface area contributed by atoms with Crippen molar-refractivity contribution in [2.45, 2.75) is 6.42 Å². The third-order valence-electron chi connectivity index (χ3n) is 2.09. The molecule has 1 aromatic carbocycles. The first-order chi connectivity index (χ1) is 8.06. The molecule has 92 valence electrons. The minimum atomic E-state index is -0.506. The van der Waals surface area contributed by atoms with Crippen molar-refractivity contribution in [3.63, 3.8) is 0 Å². The summed E-state index contributed by atoms with van der Waals surface area (Å²) >= 11 is 3.21. The molecule has 0 aliphatic rings. The molecule has 0 aliphatic carbocycles. The minimum Gasteiger partial charge on any atom is -0.462 e. The molecule has 0 heterocycles. The van der Waals surface area contributed by atoms with Gasteiger partial charge in [0.1, 0.15) is 6.61 Å². The Bertz CT molecular complexity index is 435. The summed E-state index contributed by atoms with van der Waals surface area (Å²) in [4.78, 5) is 22.6. The molecule has 0 saturated carbocycles. The molecule has 1 amide bonds. The van der Waals surface area contributed by atoms with Gasteiger partial charge in [-0.15, -0.1) is 0 Å². The summed E-state index contributed by atoms with van der Waals surface area (Å²) in [6.45, 7) is 0.0414. The summed E-state index contributed by atoms with van der Waals surface area (Å²) in [7, 11) is 1.53. The van der Waals surface area contributed by atoms with Gasteiger partial charge in [-0.1, -0.05) is 6.07 Å². The molecule has 17 heavy (non-hydrogen) atoms. The number of hydrogen-bond donors (Lipinski definition) is 2. The van der Waals surface area contributed by atoms with Crippen LogP contribution in [0.4, 0.5) is 5.69 Å². The first-order valence-corrected chi connectivity index (χ1v) is 5.77. The number of nitrogens with two attached hydrogens (primary N) is 1. The lowest BCUT2D eigenvalue weighted by Crippen LogP contribution is -2.20. The number of rotatable bonds is 4. The molecule has 3 N–H and O–H groups in total. The van der Waals surface area contributed by atoms with Crippen LogP contribution in [0.5, 0.6) is 0 Å². The lowest BCUT2D eigenvalue weighted by Gasteiger charge is -2.07. The van der Waals surface area contributed by atoms with Crippen LogP contribution in [-0.4, -0.2) is 25.5 Å². The molecule has 1 rings (SSSR count). The molecule has 0 fully saturated rings. The van der Waals surface area contributed by atoms with E-state index in [1.54, 1.807) is 18.2 Å². The number of anilines is 1. The van der Waals surface area contributed by atoms with Gasteiger partial charge in [-0.25, -0.2) is 4.79 Å². The summed E-state index contributed by atoms with van der Waals surface area (Å²) < 4.78 is 5.46. The van der Waals surface area contributed by atoms with Gasteiger partial charge in [-0.2, -0.15) is 0 Å². The number of hydrogen-bond acceptors (Lipinski definition) is 4. The topological polar surface area (TPSA) is 81.4 Å². The van der Waals surface area contributed by atoms with E-state index < -0.39 is 5.97 Å². The zero-order valence-corrected chi connectivity index (χ0v) is 10.9. The van der Waals surface area contributed by atoms with Crippen molar-refractivity contribution >= 4 is 33.5 Å². The number of ether oxygens (including phenoxy) is 1. The SMILES string of the molecule is CNC(=O)CCOC(=O)c1cccc(N)c1Br. The molecule has 0 saturated heterocycles. The van der Waals surface area contributed by atoms with Crippen molar-refractivity contribution in [1.29, 1.82) is 0 Å². The second-order valence-electron chi connectivity index (χ2n) is 3.27. The van der Waals surface area contributed by atoms with Crippen molar-refractivity contribution in [1.82, 2.24) is 5.32 Å². The molecule has 0 aliphatic heterocycles. The molecule has 0 spiro atoms. The van der Waals surface area contributed by atoms with Crippen LogP contribution in [-0.2, 0) is 9.53 Å². The van der Waals surface area contributed by atoms with E-state index in [0.717, 1.165) is 0 Å². The van der Waals surface area contributed by atoms with Crippen LogP contribution in [0.25, 0.3) is 0 Å². The number of carbonyl (C=O) groups excluding carboxylic acids is 2. The number of nitrogens with one attached hydrogen (secondary N) is 1. The van der Waals surface area contributed by atoms with Gasteiger partial charge >= 0.3 is 5.97 Å². The fourth-order valence-corrected chi connectivity index (χ4v) is 1.57. The first kappa shape index (κ1) is 13.5. The smallest absolute Gasteiger partial charge is 0.339 e. The third kappa shape index (κ3) is 3.74. The molecule has 0 aromatic heterocycles. The largest absolute Gasteiger partial charge is 0.462 e. The molecule has 5 nitrogen and oxygen atoms in total. The van der Waals surface area contributed by atoms with Crippen LogP contribution in [0.15, 0.2) is 22.7 Å². The monoisotopic (exact) mass is 300 g/mol.